The number of benzene rings is 2. The first-order valence-corrected chi connectivity index (χ1v) is 13.1. The molecule has 1 N–H and O–H groups in total. The number of carbonyl (C=O) groups is 1. The molecule has 170 valence electrons. The number of hydrogen-bond donors (Lipinski definition) is 1. The number of carbonyl (C=O) groups excluding carboxylic acids is 1. The van der Waals surface area contributed by atoms with Crippen LogP contribution in [0.5, 0.6) is 0 Å². The van der Waals surface area contributed by atoms with Crippen LogP contribution >= 0.6 is 11.3 Å². The van der Waals surface area contributed by atoms with Crippen molar-refractivity contribution in [2.24, 2.45) is 0 Å². The van der Waals surface area contributed by atoms with E-state index < -0.39 is 10.0 Å². The number of nitrogens with zero attached hydrogens (tertiary/aromatic N) is 2. The molecule has 0 aliphatic carbocycles. The molecule has 1 aliphatic rings. The van der Waals surface area contributed by atoms with Crippen molar-refractivity contribution in [2.75, 3.05) is 11.9 Å². The normalized spacial score (nSPS) is 17.3. The quantitative estimate of drug-likeness (QED) is 0.414. The smallest absolute Gasteiger partial charge is 0.257 e. The fourth-order valence-electron chi connectivity index (χ4n) is 4.06. The molecule has 2 aromatic carbocycles. The summed E-state index contributed by atoms with van der Waals surface area (Å²) in [7, 11) is -3.57. The topological polar surface area (TPSA) is 92.5 Å². The molecule has 0 saturated carbocycles. The number of thiazole rings is 1. The van der Waals surface area contributed by atoms with E-state index in [9.17, 15) is 13.2 Å². The number of para-hydroxylation sites is 1. The van der Waals surface area contributed by atoms with Crippen LogP contribution in [0.2, 0.25) is 0 Å². The number of sulfonamides is 1. The van der Waals surface area contributed by atoms with Crippen LogP contribution in [0, 0.1) is 0 Å². The number of piperidine rings is 1. The Morgan fingerprint density at radius 2 is 1.94 bits per heavy atom. The van der Waals surface area contributed by atoms with Crippen molar-refractivity contribution in [1.29, 1.82) is 0 Å². The number of aromatic nitrogens is 1. The lowest BCUT2D eigenvalue weighted by atomic mass is 10.1. The van der Waals surface area contributed by atoms with Crippen molar-refractivity contribution in [3.05, 3.63) is 65.5 Å². The van der Waals surface area contributed by atoms with Crippen molar-refractivity contribution >= 4 is 43.4 Å². The highest BCUT2D eigenvalue weighted by atomic mass is 32.2. The molecule has 1 atom stereocenters. The summed E-state index contributed by atoms with van der Waals surface area (Å²) in [5.74, 6) is 0.283. The molecule has 9 heteroatoms. The zero-order chi connectivity index (χ0) is 23.0. The van der Waals surface area contributed by atoms with E-state index >= 15 is 0 Å². The van der Waals surface area contributed by atoms with E-state index in [1.54, 1.807) is 4.31 Å². The van der Waals surface area contributed by atoms with Crippen LogP contribution in [-0.4, -0.2) is 36.2 Å². The van der Waals surface area contributed by atoms with Gasteiger partial charge in [-0.25, -0.2) is 13.4 Å². The number of fused-ring (bicyclic) bond motifs is 1. The second kappa shape index (κ2) is 8.74. The monoisotopic (exact) mass is 481 g/mol. The summed E-state index contributed by atoms with van der Waals surface area (Å²) < 4.78 is 33.3. The first-order chi connectivity index (χ1) is 15.9. The fraction of sp³-hybridized carbons (Fsp3) is 0.250. The summed E-state index contributed by atoms with van der Waals surface area (Å²) in [6, 6.07) is 15.7. The molecule has 4 aromatic rings. The third kappa shape index (κ3) is 4.31. The summed E-state index contributed by atoms with van der Waals surface area (Å²) >= 11 is 1.30. The Morgan fingerprint density at radius 3 is 2.70 bits per heavy atom. The highest BCUT2D eigenvalue weighted by molar-refractivity contribution is 7.89. The van der Waals surface area contributed by atoms with Crippen LogP contribution in [0.25, 0.3) is 22.4 Å². The largest absolute Gasteiger partial charge is 0.454 e. The average Bonchev–Trinajstić information content (AvgIpc) is 3.46. The van der Waals surface area contributed by atoms with Crippen LogP contribution in [0.1, 0.15) is 36.5 Å². The highest BCUT2D eigenvalue weighted by Crippen LogP contribution is 2.30. The van der Waals surface area contributed by atoms with E-state index in [1.807, 2.05) is 42.6 Å². The van der Waals surface area contributed by atoms with Gasteiger partial charge in [-0.15, -0.1) is 11.3 Å². The molecule has 1 aliphatic heterocycles. The molecule has 1 amide bonds. The number of furan rings is 1. The van der Waals surface area contributed by atoms with Crippen LogP contribution in [0.15, 0.2) is 69.3 Å². The van der Waals surface area contributed by atoms with E-state index in [1.165, 1.54) is 35.6 Å². The van der Waals surface area contributed by atoms with Gasteiger partial charge >= 0.3 is 0 Å². The Kier molecular flexibility index (Phi) is 5.77. The maximum absolute atomic E-state index is 13.0. The van der Waals surface area contributed by atoms with Gasteiger partial charge in [-0.05, 0) is 56.2 Å². The summed E-state index contributed by atoms with van der Waals surface area (Å²) in [5.41, 5.74) is 1.78. The van der Waals surface area contributed by atoms with Gasteiger partial charge in [-0.3, -0.25) is 10.1 Å². The number of nitrogens with one attached hydrogen (secondary N) is 1. The van der Waals surface area contributed by atoms with Crippen LogP contribution in [0.3, 0.4) is 0 Å². The minimum atomic E-state index is -3.57. The van der Waals surface area contributed by atoms with Gasteiger partial charge < -0.3 is 4.42 Å². The third-order valence-corrected chi connectivity index (χ3v) is 8.65. The van der Waals surface area contributed by atoms with Gasteiger partial charge in [0.15, 0.2) is 10.9 Å². The van der Waals surface area contributed by atoms with E-state index in [-0.39, 0.29) is 16.8 Å². The Bertz CT molecular complexity index is 1370. The lowest BCUT2D eigenvalue weighted by Gasteiger charge is -2.32. The standard InChI is InChI=1S/C24H23N3O4S2/c1-16-6-4-5-13-27(16)33(29,30)19-11-9-17(10-12-19)23(28)26-24-25-20(15-32-24)22-14-18-7-2-3-8-21(18)31-22/h2-3,7-12,14-16H,4-6,13H2,1H3,(H,25,26,28)/t16-/m0/s1. The molecule has 0 spiro atoms. The van der Waals surface area contributed by atoms with E-state index in [2.05, 4.69) is 10.3 Å². The number of hydrogen-bond acceptors (Lipinski definition) is 6. The third-order valence-electron chi connectivity index (χ3n) is 5.87. The van der Waals surface area contributed by atoms with E-state index in [0.717, 1.165) is 30.2 Å². The summed E-state index contributed by atoms with van der Waals surface area (Å²) in [5, 5.41) is 6.03. The van der Waals surface area contributed by atoms with Gasteiger partial charge in [0.2, 0.25) is 10.0 Å². The summed E-state index contributed by atoms with van der Waals surface area (Å²) in [6.45, 7) is 2.47. The molecular formula is C24H23N3O4S2. The van der Waals surface area contributed by atoms with E-state index in [0.29, 0.717) is 28.7 Å². The zero-order valence-corrected chi connectivity index (χ0v) is 19.7. The molecule has 5 rings (SSSR count). The second-order valence-corrected chi connectivity index (χ2v) is 10.9. The SMILES string of the molecule is C[C@H]1CCCCN1S(=O)(=O)c1ccc(C(=O)Nc2nc(-c3cc4ccccc4o3)cs2)cc1. The molecule has 1 fully saturated rings. The molecule has 0 bridgehead atoms. The predicted octanol–water partition coefficient (Wildman–Crippen LogP) is 5.37. The molecule has 33 heavy (non-hydrogen) atoms. The van der Waals surface area contributed by atoms with Gasteiger partial charge in [-0.2, -0.15) is 4.31 Å². The second-order valence-electron chi connectivity index (χ2n) is 8.13. The Balaban J connectivity index is 1.29. The van der Waals surface area contributed by atoms with Crippen LogP contribution < -0.4 is 5.32 Å². The van der Waals surface area contributed by atoms with Crippen LogP contribution in [-0.2, 0) is 10.0 Å². The Morgan fingerprint density at radius 1 is 1.15 bits per heavy atom. The molecule has 3 heterocycles. The van der Waals surface area contributed by atoms with Gasteiger partial charge in [0, 0.05) is 28.9 Å². The molecule has 7 nitrogen and oxygen atoms in total. The molecular weight excluding hydrogens is 458 g/mol. The van der Waals surface area contributed by atoms with Gasteiger partial charge in [0.1, 0.15) is 11.3 Å². The molecule has 0 radical (unpaired) electrons. The lowest BCUT2D eigenvalue weighted by molar-refractivity contribution is 0.102. The minimum absolute atomic E-state index is 0.0161. The van der Waals surface area contributed by atoms with Crippen LogP contribution in [0.4, 0.5) is 5.13 Å². The molecule has 2 aromatic heterocycles. The maximum Gasteiger partial charge on any atom is 0.257 e. The first-order valence-electron chi connectivity index (χ1n) is 10.8. The predicted molar refractivity (Wildman–Crippen MR) is 129 cm³/mol. The van der Waals surface area contributed by atoms with Crippen molar-refractivity contribution in [2.45, 2.75) is 37.1 Å². The number of anilines is 1. The summed E-state index contributed by atoms with van der Waals surface area (Å²) in [6.07, 6.45) is 2.78. The summed E-state index contributed by atoms with van der Waals surface area (Å²) in [4.78, 5) is 17.3. The number of rotatable bonds is 5. The van der Waals surface area contributed by atoms with Gasteiger partial charge in [0.05, 0.1) is 4.90 Å². The van der Waals surface area contributed by atoms with Crippen molar-refractivity contribution in [1.82, 2.24) is 9.29 Å². The lowest BCUT2D eigenvalue weighted by Crippen LogP contribution is -2.41. The Labute approximate surface area is 196 Å². The maximum atomic E-state index is 13.0. The van der Waals surface area contributed by atoms with Crippen molar-refractivity contribution in [3.8, 4) is 11.5 Å². The minimum Gasteiger partial charge on any atom is -0.454 e. The Hall–Kier alpha value is -3.01. The number of amides is 1. The molecule has 0 unspecified atom stereocenters. The van der Waals surface area contributed by atoms with E-state index in [4.69, 9.17) is 4.42 Å². The van der Waals surface area contributed by atoms with Crippen molar-refractivity contribution < 1.29 is 17.6 Å². The molecule has 1 saturated heterocycles. The van der Waals surface area contributed by atoms with Crippen molar-refractivity contribution in [3.63, 3.8) is 0 Å². The zero-order valence-electron chi connectivity index (χ0n) is 18.0. The van der Waals surface area contributed by atoms with Gasteiger partial charge in [-0.1, -0.05) is 24.6 Å². The first kappa shape index (κ1) is 21.8. The fourth-order valence-corrected chi connectivity index (χ4v) is 6.46. The average molecular weight is 482 g/mol. The highest BCUT2D eigenvalue weighted by Gasteiger charge is 2.31. The van der Waals surface area contributed by atoms with Gasteiger partial charge in [0.25, 0.3) is 5.91 Å².